The second-order valence-corrected chi connectivity index (χ2v) is 8.09. The average molecular weight is 419 g/mol. The molecule has 0 aliphatic carbocycles. The predicted molar refractivity (Wildman–Crippen MR) is 105 cm³/mol. The van der Waals surface area contributed by atoms with E-state index in [0.717, 1.165) is 0 Å². The number of sulfonamides is 1. The smallest absolute Gasteiger partial charge is 0.238 e. The Morgan fingerprint density at radius 2 is 2.04 bits per heavy atom. The number of hydrogen-bond donors (Lipinski definition) is 2. The minimum atomic E-state index is -3.77. The van der Waals surface area contributed by atoms with Crippen LogP contribution in [0.5, 0.6) is 0 Å². The summed E-state index contributed by atoms with van der Waals surface area (Å²) in [5.74, 6) is 0.928. The number of aromatic nitrogens is 3. The van der Waals surface area contributed by atoms with Gasteiger partial charge in [-0.05, 0) is 36.4 Å². The highest BCUT2D eigenvalue weighted by Crippen LogP contribution is 2.24. The van der Waals surface area contributed by atoms with Crippen molar-refractivity contribution in [2.75, 3.05) is 11.1 Å². The molecule has 0 bridgehead atoms. The number of furan rings is 1. The van der Waals surface area contributed by atoms with Crippen molar-refractivity contribution in [3.8, 4) is 11.6 Å². The topological polar surface area (TPSA) is 133 Å². The largest absolute Gasteiger partial charge is 0.461 e. The Bertz CT molecular complexity index is 1070. The number of rotatable bonds is 8. The van der Waals surface area contributed by atoms with Crippen molar-refractivity contribution < 1.29 is 17.6 Å². The van der Waals surface area contributed by atoms with Crippen molar-refractivity contribution in [1.82, 2.24) is 14.8 Å². The molecule has 0 aliphatic heterocycles. The Balaban J connectivity index is 1.65. The molecule has 28 heavy (non-hydrogen) atoms. The van der Waals surface area contributed by atoms with E-state index in [-0.39, 0.29) is 16.6 Å². The van der Waals surface area contributed by atoms with Crippen LogP contribution in [0, 0.1) is 0 Å². The molecule has 0 saturated heterocycles. The van der Waals surface area contributed by atoms with Gasteiger partial charge < -0.3 is 9.73 Å². The molecule has 0 saturated carbocycles. The first-order chi connectivity index (χ1) is 13.4. The Morgan fingerprint density at radius 1 is 1.29 bits per heavy atom. The molecule has 0 aliphatic rings. The van der Waals surface area contributed by atoms with Crippen molar-refractivity contribution in [3.63, 3.8) is 0 Å². The van der Waals surface area contributed by atoms with Crippen LogP contribution in [0.2, 0.25) is 0 Å². The molecule has 9 nitrogen and oxygen atoms in total. The van der Waals surface area contributed by atoms with E-state index in [1.54, 1.807) is 29.0 Å². The number of carbonyl (C=O) groups excluding carboxylic acids is 1. The van der Waals surface area contributed by atoms with Gasteiger partial charge in [0, 0.05) is 12.2 Å². The quantitative estimate of drug-likeness (QED) is 0.422. The number of primary sulfonamides is 1. The van der Waals surface area contributed by atoms with Crippen LogP contribution in [0.4, 0.5) is 5.69 Å². The minimum Gasteiger partial charge on any atom is -0.461 e. The highest BCUT2D eigenvalue weighted by molar-refractivity contribution is 7.99. The second kappa shape index (κ2) is 8.42. The molecule has 1 aromatic carbocycles. The number of benzene rings is 1. The lowest BCUT2D eigenvalue weighted by molar-refractivity contribution is -0.113. The Kier molecular flexibility index (Phi) is 5.97. The van der Waals surface area contributed by atoms with Gasteiger partial charge >= 0.3 is 0 Å². The first kappa shape index (κ1) is 19.9. The summed E-state index contributed by atoms with van der Waals surface area (Å²) in [7, 11) is -3.77. The third-order valence-corrected chi connectivity index (χ3v) is 5.47. The van der Waals surface area contributed by atoms with E-state index in [2.05, 4.69) is 22.1 Å². The Hall–Kier alpha value is -2.89. The molecule has 11 heteroatoms. The highest BCUT2D eigenvalue weighted by atomic mass is 32.2. The van der Waals surface area contributed by atoms with E-state index in [0.29, 0.717) is 29.0 Å². The van der Waals surface area contributed by atoms with Crippen molar-refractivity contribution in [2.45, 2.75) is 16.6 Å². The van der Waals surface area contributed by atoms with Gasteiger partial charge in [0.05, 0.1) is 16.9 Å². The lowest BCUT2D eigenvalue weighted by Crippen LogP contribution is -2.15. The highest BCUT2D eigenvalue weighted by Gasteiger charge is 2.16. The lowest BCUT2D eigenvalue weighted by atomic mass is 10.3. The van der Waals surface area contributed by atoms with Crippen molar-refractivity contribution >= 4 is 33.4 Å². The van der Waals surface area contributed by atoms with Gasteiger partial charge in [-0.2, -0.15) is 0 Å². The molecule has 3 rings (SSSR count). The molecule has 0 atom stereocenters. The lowest BCUT2D eigenvalue weighted by Gasteiger charge is -2.07. The van der Waals surface area contributed by atoms with Crippen LogP contribution in [-0.4, -0.2) is 34.8 Å². The van der Waals surface area contributed by atoms with Crippen molar-refractivity contribution in [1.29, 1.82) is 0 Å². The zero-order valence-corrected chi connectivity index (χ0v) is 16.2. The number of thioether (sulfide) groups is 1. The summed E-state index contributed by atoms with van der Waals surface area (Å²) in [5.41, 5.74) is 0.460. The zero-order chi connectivity index (χ0) is 20.1. The molecule has 0 unspecified atom stereocenters. The fourth-order valence-electron chi connectivity index (χ4n) is 2.33. The Labute approximate surface area is 165 Å². The van der Waals surface area contributed by atoms with Crippen LogP contribution in [-0.2, 0) is 21.4 Å². The molecule has 2 aromatic heterocycles. The number of amides is 1. The average Bonchev–Trinajstić information content (AvgIpc) is 3.30. The van der Waals surface area contributed by atoms with Gasteiger partial charge in [-0.25, -0.2) is 13.6 Å². The van der Waals surface area contributed by atoms with Gasteiger partial charge in [-0.3, -0.25) is 9.36 Å². The van der Waals surface area contributed by atoms with E-state index >= 15 is 0 Å². The summed E-state index contributed by atoms with van der Waals surface area (Å²) in [6.45, 7) is 4.19. The SMILES string of the molecule is C=CCn1c(SCC(=O)Nc2ccc(S(N)(=O)=O)cc2)nnc1-c1ccco1. The van der Waals surface area contributed by atoms with Crippen LogP contribution in [0.25, 0.3) is 11.6 Å². The molecule has 1 amide bonds. The third kappa shape index (κ3) is 4.68. The van der Waals surface area contributed by atoms with Crippen LogP contribution in [0.15, 0.2) is 69.8 Å². The molecular formula is C17H17N5O4S2. The third-order valence-electron chi connectivity index (χ3n) is 3.57. The second-order valence-electron chi connectivity index (χ2n) is 5.59. The monoisotopic (exact) mass is 419 g/mol. The first-order valence-electron chi connectivity index (χ1n) is 8.02. The van der Waals surface area contributed by atoms with E-state index < -0.39 is 10.0 Å². The van der Waals surface area contributed by atoms with Gasteiger partial charge in [-0.1, -0.05) is 17.8 Å². The summed E-state index contributed by atoms with van der Waals surface area (Å²) >= 11 is 1.21. The molecule has 3 aromatic rings. The van der Waals surface area contributed by atoms with E-state index in [1.807, 2.05) is 0 Å². The number of anilines is 1. The number of carbonyl (C=O) groups is 1. The predicted octanol–water partition coefficient (Wildman–Crippen LogP) is 2.10. The zero-order valence-electron chi connectivity index (χ0n) is 14.6. The maximum absolute atomic E-state index is 12.2. The van der Waals surface area contributed by atoms with Crippen molar-refractivity contribution in [3.05, 3.63) is 55.3 Å². The van der Waals surface area contributed by atoms with Crippen LogP contribution in [0.1, 0.15) is 0 Å². The fourth-order valence-corrected chi connectivity index (χ4v) is 3.60. The molecule has 146 valence electrons. The summed E-state index contributed by atoms with van der Waals surface area (Å²) in [5, 5.41) is 16.5. The summed E-state index contributed by atoms with van der Waals surface area (Å²) in [6, 6.07) is 9.12. The minimum absolute atomic E-state index is 0.0251. The Morgan fingerprint density at radius 3 is 2.64 bits per heavy atom. The normalized spacial score (nSPS) is 11.3. The van der Waals surface area contributed by atoms with E-state index in [4.69, 9.17) is 9.56 Å². The van der Waals surface area contributed by atoms with Crippen molar-refractivity contribution in [2.24, 2.45) is 5.14 Å². The number of nitrogens with zero attached hydrogens (tertiary/aromatic N) is 3. The van der Waals surface area contributed by atoms with Crippen LogP contribution in [0.3, 0.4) is 0 Å². The van der Waals surface area contributed by atoms with Gasteiger partial charge in [-0.15, -0.1) is 16.8 Å². The molecule has 3 N–H and O–H groups in total. The van der Waals surface area contributed by atoms with E-state index in [1.165, 1.54) is 36.0 Å². The number of hydrogen-bond acceptors (Lipinski definition) is 7. The fraction of sp³-hybridized carbons (Fsp3) is 0.118. The number of nitrogens with one attached hydrogen (secondary N) is 1. The molecule has 0 radical (unpaired) electrons. The molecule has 2 heterocycles. The van der Waals surface area contributed by atoms with Gasteiger partial charge in [0.15, 0.2) is 10.9 Å². The molecule has 0 fully saturated rings. The standard InChI is InChI=1S/C17H17N5O4S2/c1-2-9-22-16(14-4-3-10-26-14)20-21-17(22)27-11-15(23)19-12-5-7-13(8-6-12)28(18,24)25/h2-8,10H,1,9,11H2,(H,19,23)(H2,18,24,25). The maximum Gasteiger partial charge on any atom is 0.238 e. The van der Waals surface area contributed by atoms with Gasteiger partial charge in [0.25, 0.3) is 0 Å². The number of nitrogens with two attached hydrogens (primary N) is 1. The summed E-state index contributed by atoms with van der Waals surface area (Å²) in [6.07, 6.45) is 3.25. The molecule has 0 spiro atoms. The van der Waals surface area contributed by atoms with E-state index in [9.17, 15) is 13.2 Å². The summed E-state index contributed by atoms with van der Waals surface area (Å²) in [4.78, 5) is 12.2. The van der Waals surface area contributed by atoms with Crippen LogP contribution >= 0.6 is 11.8 Å². The number of allylic oxidation sites excluding steroid dienone is 1. The van der Waals surface area contributed by atoms with Gasteiger partial charge in [0.2, 0.25) is 21.8 Å². The van der Waals surface area contributed by atoms with Crippen LogP contribution < -0.4 is 10.5 Å². The molecular weight excluding hydrogens is 402 g/mol. The maximum atomic E-state index is 12.2. The first-order valence-corrected chi connectivity index (χ1v) is 10.5. The summed E-state index contributed by atoms with van der Waals surface area (Å²) < 4.78 is 29.7. The van der Waals surface area contributed by atoms with Gasteiger partial charge in [0.1, 0.15) is 0 Å².